The molecule has 2 aliphatic rings. The van der Waals surface area contributed by atoms with E-state index in [1.54, 1.807) is 11.8 Å². The van der Waals surface area contributed by atoms with Crippen LogP contribution in [-0.4, -0.2) is 34.3 Å². The maximum Gasteiger partial charge on any atom is 0.257 e. The van der Waals surface area contributed by atoms with Crippen LogP contribution in [0.5, 0.6) is 0 Å². The predicted octanol–water partition coefficient (Wildman–Crippen LogP) is 2.09. The van der Waals surface area contributed by atoms with Crippen molar-refractivity contribution in [3.8, 4) is 0 Å². The van der Waals surface area contributed by atoms with Gasteiger partial charge in [-0.15, -0.1) is 0 Å². The van der Waals surface area contributed by atoms with Crippen molar-refractivity contribution in [2.45, 2.75) is 5.54 Å². The monoisotopic (exact) mass is 344 g/mol. The number of thioether (sulfide) groups is 1. The maximum absolute atomic E-state index is 12.4. The summed E-state index contributed by atoms with van der Waals surface area (Å²) in [5.41, 5.74) is 0.362. The number of rotatable bonds is 2. The highest BCUT2D eigenvalue weighted by Gasteiger charge is 2.48. The molecule has 2 N–H and O–H groups in total. The molecule has 0 radical (unpaired) electrons. The van der Waals surface area contributed by atoms with Crippen LogP contribution >= 0.6 is 23.3 Å². The van der Waals surface area contributed by atoms with E-state index in [2.05, 4.69) is 15.0 Å². The van der Waals surface area contributed by atoms with Crippen LogP contribution in [0.1, 0.15) is 15.2 Å². The molecule has 0 spiro atoms. The van der Waals surface area contributed by atoms with Crippen LogP contribution in [0, 0.1) is 5.92 Å². The summed E-state index contributed by atoms with van der Waals surface area (Å²) in [6, 6.07) is 11.3. The first-order chi connectivity index (χ1) is 11.3. The first-order valence-electron chi connectivity index (χ1n) is 7.49. The Hall–Kier alpha value is -1.70. The zero-order valence-corrected chi connectivity index (χ0v) is 14.0. The van der Waals surface area contributed by atoms with Crippen molar-refractivity contribution in [1.29, 1.82) is 0 Å². The van der Waals surface area contributed by atoms with Gasteiger partial charge in [0.15, 0.2) is 5.17 Å². The van der Waals surface area contributed by atoms with E-state index in [1.807, 2.05) is 42.6 Å². The van der Waals surface area contributed by atoms with E-state index in [1.165, 1.54) is 16.4 Å². The minimum atomic E-state index is -0.286. The lowest BCUT2D eigenvalue weighted by molar-refractivity contribution is 0.0977. The van der Waals surface area contributed by atoms with Crippen LogP contribution in [0.4, 0.5) is 0 Å². The van der Waals surface area contributed by atoms with E-state index in [9.17, 15) is 4.79 Å². The minimum absolute atomic E-state index is 0.110. The Balaban J connectivity index is 1.62. The summed E-state index contributed by atoms with van der Waals surface area (Å²) >= 11 is 3.12. The van der Waals surface area contributed by atoms with Gasteiger partial charge in [-0.3, -0.25) is 4.79 Å². The first-order valence-corrected chi connectivity index (χ1v) is 9.25. The van der Waals surface area contributed by atoms with Gasteiger partial charge in [-0.2, -0.15) is 0 Å². The van der Waals surface area contributed by atoms with E-state index in [-0.39, 0.29) is 11.4 Å². The average Bonchev–Trinajstić information content (AvgIpc) is 3.25. The van der Waals surface area contributed by atoms with Crippen molar-refractivity contribution < 1.29 is 4.79 Å². The molecule has 3 heterocycles. The normalized spacial score (nSPS) is 26.4. The Morgan fingerprint density at radius 2 is 2.17 bits per heavy atom. The first kappa shape index (κ1) is 14.9. The molecule has 1 aromatic heterocycles. The van der Waals surface area contributed by atoms with Crippen LogP contribution in [0.3, 0.4) is 0 Å². The molecular weight excluding hydrogens is 328 g/mol. The average molecular weight is 344 g/mol. The molecule has 2 aliphatic heterocycles. The van der Waals surface area contributed by atoms with Crippen LogP contribution < -0.4 is 10.6 Å². The molecular formula is C16H16N4OS2. The fourth-order valence-electron chi connectivity index (χ4n) is 3.08. The van der Waals surface area contributed by atoms with Gasteiger partial charge in [-0.05, 0) is 29.7 Å². The van der Waals surface area contributed by atoms with Gasteiger partial charge in [0.1, 0.15) is 5.54 Å². The number of benzene rings is 1. The summed E-state index contributed by atoms with van der Waals surface area (Å²) in [5.74, 6) is 1.27. The standard InChI is InChI=1S/C16H16N4OS2/c21-14(11-4-2-1-3-5-11)19-15-20-16(13-6-7-18-23-13)10-17-8-12(16)9-22-15/h1-7,12,17H,8-10H2,(H,19,20,21). The third-order valence-corrected chi connectivity index (χ3v) is 6.25. The molecule has 1 fully saturated rings. The van der Waals surface area contributed by atoms with Crippen LogP contribution in [0.15, 0.2) is 47.6 Å². The lowest BCUT2D eigenvalue weighted by Crippen LogP contribution is -2.42. The summed E-state index contributed by atoms with van der Waals surface area (Å²) in [6.07, 6.45) is 1.82. The van der Waals surface area contributed by atoms with E-state index >= 15 is 0 Å². The molecule has 118 valence electrons. The van der Waals surface area contributed by atoms with Gasteiger partial charge in [0.2, 0.25) is 0 Å². The van der Waals surface area contributed by atoms with Crippen molar-refractivity contribution in [2.75, 3.05) is 18.8 Å². The maximum atomic E-state index is 12.4. The molecule has 1 amide bonds. The zero-order valence-electron chi connectivity index (χ0n) is 12.4. The summed E-state index contributed by atoms with van der Waals surface area (Å²) < 4.78 is 4.24. The van der Waals surface area contributed by atoms with Gasteiger partial charge in [-0.25, -0.2) is 9.37 Å². The molecule has 0 saturated carbocycles. The highest BCUT2D eigenvalue weighted by atomic mass is 32.2. The Kier molecular flexibility index (Phi) is 3.92. The van der Waals surface area contributed by atoms with Gasteiger partial charge < -0.3 is 10.6 Å². The van der Waals surface area contributed by atoms with E-state index in [0.717, 1.165) is 18.8 Å². The molecule has 2 unspecified atom stereocenters. The fourth-order valence-corrected chi connectivity index (χ4v) is 5.02. The summed E-state index contributed by atoms with van der Waals surface area (Å²) in [5, 5.41) is 7.11. The van der Waals surface area contributed by atoms with Gasteiger partial charge in [0.25, 0.3) is 5.91 Å². The second kappa shape index (κ2) is 6.07. The largest absolute Gasteiger partial charge is 0.314 e. The molecule has 7 heteroatoms. The minimum Gasteiger partial charge on any atom is -0.314 e. The van der Waals surface area contributed by atoms with E-state index in [0.29, 0.717) is 16.6 Å². The van der Waals surface area contributed by atoms with E-state index in [4.69, 9.17) is 4.99 Å². The topological polar surface area (TPSA) is 66.4 Å². The number of nitrogens with one attached hydrogen (secondary N) is 2. The predicted molar refractivity (Wildman–Crippen MR) is 94.0 cm³/mol. The smallest absolute Gasteiger partial charge is 0.257 e. The molecule has 0 aliphatic carbocycles. The summed E-state index contributed by atoms with van der Waals surface area (Å²) in [7, 11) is 0. The van der Waals surface area contributed by atoms with Crippen molar-refractivity contribution in [3.63, 3.8) is 0 Å². The van der Waals surface area contributed by atoms with Crippen LogP contribution in [-0.2, 0) is 5.54 Å². The van der Waals surface area contributed by atoms with Crippen LogP contribution in [0.25, 0.3) is 0 Å². The van der Waals surface area contributed by atoms with Crippen LogP contribution in [0.2, 0.25) is 0 Å². The van der Waals surface area contributed by atoms with Crippen molar-refractivity contribution in [1.82, 2.24) is 15.0 Å². The highest BCUT2D eigenvalue weighted by Crippen LogP contribution is 2.43. The quantitative estimate of drug-likeness (QED) is 0.875. The van der Waals surface area contributed by atoms with Gasteiger partial charge in [-0.1, -0.05) is 30.0 Å². The number of carbonyl (C=O) groups excluding carboxylic acids is 1. The van der Waals surface area contributed by atoms with E-state index < -0.39 is 0 Å². The number of carbonyl (C=O) groups is 1. The van der Waals surface area contributed by atoms with Crippen molar-refractivity contribution >= 4 is 34.4 Å². The number of nitrogens with zero attached hydrogens (tertiary/aromatic N) is 2. The molecule has 1 saturated heterocycles. The Labute approximate surface area is 142 Å². The molecule has 23 heavy (non-hydrogen) atoms. The van der Waals surface area contributed by atoms with Gasteiger partial charge >= 0.3 is 0 Å². The number of fused-ring (bicyclic) bond motifs is 1. The molecule has 1 aromatic carbocycles. The second-order valence-electron chi connectivity index (χ2n) is 5.68. The second-order valence-corrected chi connectivity index (χ2v) is 7.52. The molecule has 2 aromatic rings. The number of amides is 1. The highest BCUT2D eigenvalue weighted by molar-refractivity contribution is 8.13. The number of aromatic nitrogens is 1. The SMILES string of the molecule is O=C(NC1=NC2(c3ccns3)CNCC2CS1)c1ccccc1. The molecule has 2 atom stereocenters. The Morgan fingerprint density at radius 3 is 2.96 bits per heavy atom. The summed E-state index contributed by atoms with van der Waals surface area (Å²) in [4.78, 5) is 18.5. The van der Waals surface area contributed by atoms with Gasteiger partial charge in [0.05, 0.1) is 4.88 Å². The molecule has 4 rings (SSSR count). The van der Waals surface area contributed by atoms with Crippen molar-refractivity contribution in [3.05, 3.63) is 53.0 Å². The third kappa shape index (κ3) is 2.69. The van der Waals surface area contributed by atoms with Crippen molar-refractivity contribution in [2.24, 2.45) is 10.9 Å². The molecule has 5 nitrogen and oxygen atoms in total. The van der Waals surface area contributed by atoms with Gasteiger partial charge in [0, 0.05) is 36.5 Å². The zero-order chi connectivity index (χ0) is 15.7. The third-order valence-electron chi connectivity index (χ3n) is 4.30. The Bertz CT molecular complexity index is 732. The number of amidine groups is 1. The fraction of sp³-hybridized carbons (Fsp3) is 0.312. The number of hydrogen-bond donors (Lipinski definition) is 2. The Morgan fingerprint density at radius 1 is 1.30 bits per heavy atom. The molecule has 0 bridgehead atoms. The summed E-state index contributed by atoms with van der Waals surface area (Å²) in [6.45, 7) is 1.75. The lowest BCUT2D eigenvalue weighted by Gasteiger charge is -2.34. The number of aliphatic imine (C=N–C) groups is 1. The number of hydrogen-bond acceptors (Lipinski definition) is 6. The lowest BCUT2D eigenvalue weighted by atomic mass is 9.87.